The van der Waals surface area contributed by atoms with Crippen LogP contribution in [0.25, 0.3) is 0 Å². The first-order valence-corrected chi connectivity index (χ1v) is 8.96. The molecule has 150 valence electrons. The van der Waals surface area contributed by atoms with E-state index in [2.05, 4.69) is 36.7 Å². The molecule has 3 rings (SSSR count). The molecule has 1 aromatic heterocycles. The lowest BCUT2D eigenvalue weighted by molar-refractivity contribution is 0.251. The highest BCUT2D eigenvalue weighted by Gasteiger charge is 2.00. The maximum atomic E-state index is 11.8. The van der Waals surface area contributed by atoms with Gasteiger partial charge in [0.05, 0.1) is 23.8 Å². The molecule has 0 aliphatic carbocycles. The fraction of sp³-hybridized carbons (Fsp3) is 0. The van der Waals surface area contributed by atoms with Crippen LogP contribution in [-0.2, 0) is 0 Å². The molecule has 0 saturated carbocycles. The zero-order valence-electron chi connectivity index (χ0n) is 15.8. The molecule has 30 heavy (non-hydrogen) atoms. The van der Waals surface area contributed by atoms with Gasteiger partial charge in [0.2, 0.25) is 0 Å². The zero-order valence-corrected chi connectivity index (χ0v) is 15.8. The number of para-hydroxylation sites is 2. The van der Waals surface area contributed by atoms with Crippen molar-refractivity contribution in [3.63, 3.8) is 0 Å². The van der Waals surface area contributed by atoms with Crippen LogP contribution in [0.1, 0.15) is 11.4 Å². The SMILES string of the molecule is O=C(NN=Cc1cccc(C=NNC(=O)Nc2ccccc2)n1)Nc1ccccc1. The lowest BCUT2D eigenvalue weighted by Crippen LogP contribution is -2.24. The van der Waals surface area contributed by atoms with Crippen molar-refractivity contribution < 1.29 is 9.59 Å². The van der Waals surface area contributed by atoms with Gasteiger partial charge in [0, 0.05) is 11.4 Å². The number of amides is 4. The molecule has 4 N–H and O–H groups in total. The van der Waals surface area contributed by atoms with Crippen LogP contribution in [0, 0.1) is 0 Å². The van der Waals surface area contributed by atoms with Gasteiger partial charge in [0.25, 0.3) is 0 Å². The Kier molecular flexibility index (Phi) is 7.22. The second kappa shape index (κ2) is 10.7. The van der Waals surface area contributed by atoms with E-state index in [0.29, 0.717) is 22.8 Å². The first-order chi connectivity index (χ1) is 14.7. The predicted molar refractivity (Wildman–Crippen MR) is 117 cm³/mol. The minimum atomic E-state index is -0.469. The number of hydrogen-bond donors (Lipinski definition) is 4. The standard InChI is InChI=1S/C21H19N7O2/c29-20(25-16-8-3-1-4-9-16)27-22-14-18-12-7-13-19(24-18)15-23-28-21(30)26-17-10-5-2-6-11-17/h1-15H,(H2,25,27,29)(H2,26,28,30). The monoisotopic (exact) mass is 401 g/mol. The molecule has 2 aromatic carbocycles. The van der Waals surface area contributed by atoms with Crippen molar-refractivity contribution in [3.05, 3.63) is 90.3 Å². The van der Waals surface area contributed by atoms with Crippen LogP contribution in [0.15, 0.2) is 89.1 Å². The highest BCUT2D eigenvalue weighted by Crippen LogP contribution is 2.05. The topological polar surface area (TPSA) is 120 Å². The van der Waals surface area contributed by atoms with Crippen LogP contribution in [0.5, 0.6) is 0 Å². The summed E-state index contributed by atoms with van der Waals surface area (Å²) in [5, 5.41) is 13.0. The molecule has 0 aliphatic rings. The summed E-state index contributed by atoms with van der Waals surface area (Å²) in [4.78, 5) is 27.9. The summed E-state index contributed by atoms with van der Waals surface area (Å²) < 4.78 is 0. The van der Waals surface area contributed by atoms with Gasteiger partial charge < -0.3 is 10.6 Å². The fourth-order valence-corrected chi connectivity index (χ4v) is 2.29. The summed E-state index contributed by atoms with van der Waals surface area (Å²) in [6.07, 6.45) is 2.80. The highest BCUT2D eigenvalue weighted by molar-refractivity contribution is 5.91. The van der Waals surface area contributed by atoms with Crippen LogP contribution < -0.4 is 21.5 Å². The summed E-state index contributed by atoms with van der Waals surface area (Å²) in [5.41, 5.74) is 7.05. The van der Waals surface area contributed by atoms with Crippen molar-refractivity contribution in [1.29, 1.82) is 0 Å². The summed E-state index contributed by atoms with van der Waals surface area (Å²) in [5.74, 6) is 0. The maximum absolute atomic E-state index is 11.8. The van der Waals surface area contributed by atoms with E-state index in [1.807, 2.05) is 36.4 Å². The minimum Gasteiger partial charge on any atom is -0.307 e. The number of aromatic nitrogens is 1. The quantitative estimate of drug-likeness (QED) is 0.374. The van der Waals surface area contributed by atoms with Gasteiger partial charge >= 0.3 is 12.1 Å². The average molecular weight is 401 g/mol. The van der Waals surface area contributed by atoms with E-state index < -0.39 is 12.1 Å². The van der Waals surface area contributed by atoms with E-state index >= 15 is 0 Å². The Balaban J connectivity index is 1.47. The number of rotatable bonds is 6. The molecular formula is C21H19N7O2. The number of carbonyl (C=O) groups is 2. The number of carbonyl (C=O) groups excluding carboxylic acids is 2. The van der Waals surface area contributed by atoms with Crippen molar-refractivity contribution >= 4 is 35.9 Å². The van der Waals surface area contributed by atoms with E-state index in [4.69, 9.17) is 0 Å². The second-order valence-corrected chi connectivity index (χ2v) is 5.87. The lowest BCUT2D eigenvalue weighted by atomic mass is 10.3. The van der Waals surface area contributed by atoms with E-state index in [0.717, 1.165) is 0 Å². The first-order valence-electron chi connectivity index (χ1n) is 8.96. The maximum Gasteiger partial charge on any atom is 0.339 e. The van der Waals surface area contributed by atoms with Crippen LogP contribution in [0.3, 0.4) is 0 Å². The Labute approximate surface area is 172 Å². The summed E-state index contributed by atoms with van der Waals surface area (Å²) in [7, 11) is 0. The van der Waals surface area contributed by atoms with Gasteiger partial charge in [-0.1, -0.05) is 42.5 Å². The smallest absolute Gasteiger partial charge is 0.307 e. The van der Waals surface area contributed by atoms with Gasteiger partial charge in [-0.15, -0.1) is 0 Å². The third kappa shape index (κ3) is 6.89. The Bertz CT molecular complexity index is 957. The Morgan fingerprint density at radius 1 is 0.633 bits per heavy atom. The van der Waals surface area contributed by atoms with Crippen LogP contribution in [0.4, 0.5) is 21.0 Å². The van der Waals surface area contributed by atoms with Crippen molar-refractivity contribution in [2.24, 2.45) is 10.2 Å². The normalized spacial score (nSPS) is 10.7. The van der Waals surface area contributed by atoms with E-state index in [9.17, 15) is 9.59 Å². The average Bonchev–Trinajstić information content (AvgIpc) is 2.75. The van der Waals surface area contributed by atoms with Crippen LogP contribution >= 0.6 is 0 Å². The third-order valence-electron chi connectivity index (χ3n) is 3.58. The summed E-state index contributed by atoms with van der Waals surface area (Å²) in [6.45, 7) is 0. The van der Waals surface area contributed by atoms with Gasteiger partial charge in [-0.3, -0.25) is 0 Å². The van der Waals surface area contributed by atoms with Gasteiger partial charge in [0.1, 0.15) is 0 Å². The van der Waals surface area contributed by atoms with Crippen LogP contribution in [-0.4, -0.2) is 29.5 Å². The van der Waals surface area contributed by atoms with Crippen molar-refractivity contribution in [2.75, 3.05) is 10.6 Å². The molecule has 0 saturated heterocycles. The molecule has 0 bridgehead atoms. The number of anilines is 2. The molecule has 9 heteroatoms. The van der Waals surface area contributed by atoms with Gasteiger partial charge in [-0.2, -0.15) is 10.2 Å². The van der Waals surface area contributed by atoms with E-state index in [1.165, 1.54) is 12.4 Å². The molecule has 0 aliphatic heterocycles. The molecule has 4 amide bonds. The Hall–Kier alpha value is -4.53. The lowest BCUT2D eigenvalue weighted by Gasteiger charge is -2.03. The van der Waals surface area contributed by atoms with E-state index in [-0.39, 0.29) is 0 Å². The van der Waals surface area contributed by atoms with Gasteiger partial charge in [0.15, 0.2) is 0 Å². The van der Waals surface area contributed by atoms with Gasteiger partial charge in [-0.05, 0) is 36.4 Å². The molecule has 1 heterocycles. The third-order valence-corrected chi connectivity index (χ3v) is 3.58. The molecule has 0 unspecified atom stereocenters. The number of pyridine rings is 1. The zero-order chi connectivity index (χ0) is 21.0. The number of benzene rings is 2. The second-order valence-electron chi connectivity index (χ2n) is 5.87. The number of nitrogens with zero attached hydrogens (tertiary/aromatic N) is 3. The molecule has 0 spiro atoms. The predicted octanol–water partition coefficient (Wildman–Crippen LogP) is 3.39. The van der Waals surface area contributed by atoms with Crippen LogP contribution in [0.2, 0.25) is 0 Å². The van der Waals surface area contributed by atoms with E-state index in [1.54, 1.807) is 42.5 Å². The molecule has 0 radical (unpaired) electrons. The molecule has 3 aromatic rings. The number of urea groups is 2. The number of nitrogens with one attached hydrogen (secondary N) is 4. The Morgan fingerprint density at radius 2 is 1.07 bits per heavy atom. The van der Waals surface area contributed by atoms with Gasteiger partial charge in [-0.25, -0.2) is 25.4 Å². The summed E-state index contributed by atoms with van der Waals surface area (Å²) >= 11 is 0. The Morgan fingerprint density at radius 3 is 1.50 bits per heavy atom. The largest absolute Gasteiger partial charge is 0.339 e. The highest BCUT2D eigenvalue weighted by atomic mass is 16.2. The molecule has 0 atom stereocenters. The van der Waals surface area contributed by atoms with Crippen molar-refractivity contribution in [3.8, 4) is 0 Å². The van der Waals surface area contributed by atoms with Crippen molar-refractivity contribution in [2.45, 2.75) is 0 Å². The molecular weight excluding hydrogens is 382 g/mol. The fourth-order valence-electron chi connectivity index (χ4n) is 2.29. The number of hydrogen-bond acceptors (Lipinski definition) is 5. The van der Waals surface area contributed by atoms with Crippen molar-refractivity contribution in [1.82, 2.24) is 15.8 Å². The number of hydrazone groups is 2. The summed E-state index contributed by atoms with van der Waals surface area (Å²) in [6, 6.07) is 22.3. The first kappa shape index (κ1) is 20.2. The molecule has 9 nitrogen and oxygen atoms in total. The molecule has 0 fully saturated rings. The minimum absolute atomic E-state index is 0.469.